The van der Waals surface area contributed by atoms with Crippen LogP contribution in [0.25, 0.3) is 0 Å². The highest BCUT2D eigenvalue weighted by Gasteiger charge is 2.34. The fourth-order valence-corrected chi connectivity index (χ4v) is 3.87. The summed E-state index contributed by atoms with van der Waals surface area (Å²) >= 11 is 0. The molecule has 1 fully saturated rings. The van der Waals surface area contributed by atoms with Gasteiger partial charge in [0.15, 0.2) is 0 Å². The predicted octanol–water partition coefficient (Wildman–Crippen LogP) is 5.11. The number of hydrogen-bond acceptors (Lipinski definition) is 4. The summed E-state index contributed by atoms with van der Waals surface area (Å²) in [6, 6.07) is 7.64. The van der Waals surface area contributed by atoms with Crippen molar-refractivity contribution in [3.63, 3.8) is 0 Å². The Morgan fingerprint density at radius 1 is 1.10 bits per heavy atom. The Hall–Kier alpha value is -1.59. The Morgan fingerprint density at radius 2 is 1.76 bits per heavy atom. The lowest BCUT2D eigenvalue weighted by atomic mass is 9.93. The highest BCUT2D eigenvalue weighted by atomic mass is 16.5. The van der Waals surface area contributed by atoms with E-state index in [1.165, 1.54) is 38.8 Å². The highest BCUT2D eigenvalue weighted by Crippen LogP contribution is 2.24. The van der Waals surface area contributed by atoms with Crippen molar-refractivity contribution >= 4 is 11.6 Å². The first-order valence-corrected chi connectivity index (χ1v) is 11.3. The van der Waals surface area contributed by atoms with Gasteiger partial charge in [-0.05, 0) is 75.9 Å². The molecule has 0 unspecified atom stereocenters. The van der Waals surface area contributed by atoms with Crippen LogP contribution in [0, 0.1) is 5.92 Å². The molecule has 5 heteroatoms. The SMILES string of the molecule is CCCO[C@](C)(CC(C)C)C(=O)Nc1ccc(OCCN2CCCCCC2)cc1. The van der Waals surface area contributed by atoms with Crippen LogP contribution >= 0.6 is 0 Å². The van der Waals surface area contributed by atoms with Gasteiger partial charge < -0.3 is 14.8 Å². The normalized spacial score (nSPS) is 17.6. The zero-order valence-electron chi connectivity index (χ0n) is 18.8. The molecular formula is C24H40N2O3. The van der Waals surface area contributed by atoms with E-state index in [1.807, 2.05) is 31.2 Å². The molecule has 1 N–H and O–H groups in total. The molecule has 1 aliphatic rings. The lowest BCUT2D eigenvalue weighted by Crippen LogP contribution is -2.44. The van der Waals surface area contributed by atoms with Crippen LogP contribution in [0.3, 0.4) is 0 Å². The Labute approximate surface area is 177 Å². The molecule has 1 heterocycles. The number of anilines is 1. The number of rotatable bonds is 11. The average molecular weight is 405 g/mol. The molecule has 0 aliphatic carbocycles. The van der Waals surface area contributed by atoms with Crippen LogP contribution in [0.1, 0.15) is 66.2 Å². The molecule has 2 rings (SSSR count). The molecule has 5 nitrogen and oxygen atoms in total. The quantitative estimate of drug-likeness (QED) is 0.557. The fourth-order valence-electron chi connectivity index (χ4n) is 3.87. The van der Waals surface area contributed by atoms with E-state index in [0.717, 1.165) is 24.4 Å². The summed E-state index contributed by atoms with van der Waals surface area (Å²) in [7, 11) is 0. The van der Waals surface area contributed by atoms with Crippen LogP contribution in [0.2, 0.25) is 0 Å². The van der Waals surface area contributed by atoms with Gasteiger partial charge in [-0.25, -0.2) is 0 Å². The zero-order chi connectivity index (χ0) is 21.1. The van der Waals surface area contributed by atoms with Gasteiger partial charge in [0.1, 0.15) is 18.0 Å². The van der Waals surface area contributed by atoms with Crippen molar-refractivity contribution in [2.75, 3.05) is 38.2 Å². The number of benzene rings is 1. The number of carbonyl (C=O) groups is 1. The van der Waals surface area contributed by atoms with Gasteiger partial charge >= 0.3 is 0 Å². The van der Waals surface area contributed by atoms with Gasteiger partial charge in [0, 0.05) is 18.8 Å². The van der Waals surface area contributed by atoms with Crippen LogP contribution < -0.4 is 10.1 Å². The summed E-state index contributed by atoms with van der Waals surface area (Å²) in [6.45, 7) is 12.8. The summed E-state index contributed by atoms with van der Waals surface area (Å²) in [5, 5.41) is 3.01. The van der Waals surface area contributed by atoms with E-state index in [1.54, 1.807) is 0 Å². The average Bonchev–Trinajstić information content (AvgIpc) is 2.96. The van der Waals surface area contributed by atoms with Crippen LogP contribution in [-0.2, 0) is 9.53 Å². The number of amides is 1. The molecule has 0 radical (unpaired) electrons. The van der Waals surface area contributed by atoms with Crippen LogP contribution in [0.5, 0.6) is 5.75 Å². The first-order valence-electron chi connectivity index (χ1n) is 11.3. The van der Waals surface area contributed by atoms with Gasteiger partial charge in [-0.15, -0.1) is 0 Å². The number of carbonyl (C=O) groups excluding carboxylic acids is 1. The minimum absolute atomic E-state index is 0.0884. The first-order chi connectivity index (χ1) is 13.9. The van der Waals surface area contributed by atoms with E-state index >= 15 is 0 Å². The van der Waals surface area contributed by atoms with E-state index in [9.17, 15) is 4.79 Å². The van der Waals surface area contributed by atoms with Crippen molar-refractivity contribution in [2.24, 2.45) is 5.92 Å². The Balaban J connectivity index is 1.84. The maximum absolute atomic E-state index is 12.9. The van der Waals surface area contributed by atoms with E-state index in [-0.39, 0.29) is 5.91 Å². The third kappa shape index (κ3) is 8.35. The van der Waals surface area contributed by atoms with Gasteiger partial charge in [-0.1, -0.05) is 33.6 Å². The maximum Gasteiger partial charge on any atom is 0.256 e. The van der Waals surface area contributed by atoms with Crippen molar-refractivity contribution in [2.45, 2.75) is 71.8 Å². The van der Waals surface area contributed by atoms with Crippen LogP contribution in [0.4, 0.5) is 5.69 Å². The Morgan fingerprint density at radius 3 is 2.34 bits per heavy atom. The molecule has 29 heavy (non-hydrogen) atoms. The van der Waals surface area contributed by atoms with E-state index in [2.05, 4.69) is 31.0 Å². The topological polar surface area (TPSA) is 50.8 Å². The lowest BCUT2D eigenvalue weighted by Gasteiger charge is -2.30. The minimum atomic E-state index is -0.813. The van der Waals surface area contributed by atoms with Crippen molar-refractivity contribution < 1.29 is 14.3 Å². The molecule has 1 atom stereocenters. The molecule has 0 saturated carbocycles. The smallest absolute Gasteiger partial charge is 0.256 e. The van der Waals surface area contributed by atoms with Gasteiger partial charge in [-0.2, -0.15) is 0 Å². The van der Waals surface area contributed by atoms with Crippen molar-refractivity contribution in [1.29, 1.82) is 0 Å². The summed E-state index contributed by atoms with van der Waals surface area (Å²) in [4.78, 5) is 15.4. The summed E-state index contributed by atoms with van der Waals surface area (Å²) in [6.07, 6.45) is 6.88. The predicted molar refractivity (Wildman–Crippen MR) is 120 cm³/mol. The highest BCUT2D eigenvalue weighted by molar-refractivity contribution is 5.97. The van der Waals surface area contributed by atoms with Crippen LogP contribution in [-0.4, -0.2) is 49.3 Å². The minimum Gasteiger partial charge on any atom is -0.492 e. The molecule has 1 aliphatic heterocycles. The zero-order valence-corrected chi connectivity index (χ0v) is 18.8. The number of ether oxygens (including phenoxy) is 2. The third-order valence-corrected chi connectivity index (χ3v) is 5.39. The van der Waals surface area contributed by atoms with Gasteiger partial charge in [0.2, 0.25) is 0 Å². The second-order valence-electron chi connectivity index (χ2n) is 8.76. The number of likely N-dealkylation sites (tertiary alicyclic amines) is 1. The monoisotopic (exact) mass is 404 g/mol. The number of nitrogens with zero attached hydrogens (tertiary/aromatic N) is 1. The Kier molecular flexibility index (Phi) is 9.95. The van der Waals surface area contributed by atoms with Gasteiger partial charge in [0.05, 0.1) is 0 Å². The second kappa shape index (κ2) is 12.2. The molecular weight excluding hydrogens is 364 g/mol. The first kappa shape index (κ1) is 23.7. The summed E-state index contributed by atoms with van der Waals surface area (Å²) < 4.78 is 11.8. The second-order valence-corrected chi connectivity index (χ2v) is 8.76. The standard InChI is InChI=1S/C24H40N2O3/c1-5-17-29-24(4,19-20(2)3)23(27)25-21-10-12-22(13-11-21)28-18-16-26-14-8-6-7-9-15-26/h10-13,20H,5-9,14-19H2,1-4H3,(H,25,27)/t24-/m1/s1. The summed E-state index contributed by atoms with van der Waals surface area (Å²) in [5.74, 6) is 1.13. The fraction of sp³-hybridized carbons (Fsp3) is 0.708. The molecule has 0 bridgehead atoms. The molecule has 0 spiro atoms. The molecule has 164 valence electrons. The molecule has 1 aromatic carbocycles. The van der Waals surface area contributed by atoms with Crippen molar-refractivity contribution in [1.82, 2.24) is 4.90 Å². The molecule has 1 saturated heterocycles. The van der Waals surface area contributed by atoms with Crippen LogP contribution in [0.15, 0.2) is 24.3 Å². The van der Waals surface area contributed by atoms with Gasteiger partial charge in [0.25, 0.3) is 5.91 Å². The van der Waals surface area contributed by atoms with E-state index < -0.39 is 5.60 Å². The lowest BCUT2D eigenvalue weighted by molar-refractivity contribution is -0.141. The summed E-state index contributed by atoms with van der Waals surface area (Å²) in [5.41, 5.74) is -0.0445. The van der Waals surface area contributed by atoms with E-state index in [0.29, 0.717) is 25.6 Å². The maximum atomic E-state index is 12.9. The molecule has 1 aromatic rings. The largest absolute Gasteiger partial charge is 0.492 e. The van der Waals surface area contributed by atoms with Crippen molar-refractivity contribution in [3.05, 3.63) is 24.3 Å². The number of nitrogens with one attached hydrogen (secondary N) is 1. The molecule has 0 aromatic heterocycles. The third-order valence-electron chi connectivity index (χ3n) is 5.39. The molecule has 1 amide bonds. The Bertz CT molecular complexity index is 595. The van der Waals surface area contributed by atoms with Gasteiger partial charge in [-0.3, -0.25) is 9.69 Å². The number of hydrogen-bond donors (Lipinski definition) is 1. The van der Waals surface area contributed by atoms with Crippen molar-refractivity contribution in [3.8, 4) is 5.75 Å². The van der Waals surface area contributed by atoms with E-state index in [4.69, 9.17) is 9.47 Å².